The maximum absolute atomic E-state index is 10.4. The van der Waals surface area contributed by atoms with Crippen LogP contribution in [-0.2, 0) is 0 Å². The first kappa shape index (κ1) is 15.4. The minimum atomic E-state index is -0.821. The van der Waals surface area contributed by atoms with Crippen LogP contribution in [0.1, 0.15) is 20.8 Å². The van der Waals surface area contributed by atoms with Crippen LogP contribution in [0.25, 0.3) is 16.7 Å². The van der Waals surface area contributed by atoms with E-state index in [1.54, 1.807) is 23.3 Å². The van der Waals surface area contributed by atoms with Crippen LogP contribution in [0, 0.1) is 5.92 Å². The summed E-state index contributed by atoms with van der Waals surface area (Å²) in [5.74, 6) is 0.795. The smallest absolute Gasteiger partial charge is 0.168 e. The molecule has 0 fully saturated rings. The normalized spacial score (nSPS) is 14.1. The molecule has 0 aliphatic rings. The van der Waals surface area contributed by atoms with E-state index in [0.29, 0.717) is 18.0 Å². The van der Waals surface area contributed by atoms with Gasteiger partial charge in [-0.2, -0.15) is 5.10 Å². The Bertz CT molecular complexity index is 797. The van der Waals surface area contributed by atoms with E-state index in [9.17, 15) is 5.11 Å². The van der Waals surface area contributed by atoms with E-state index in [2.05, 4.69) is 25.4 Å². The van der Waals surface area contributed by atoms with Gasteiger partial charge < -0.3 is 10.4 Å². The number of aliphatic hydroxyl groups is 1. The summed E-state index contributed by atoms with van der Waals surface area (Å²) < 4.78 is 1.74. The lowest BCUT2D eigenvalue weighted by Crippen LogP contribution is -2.38. The molecule has 0 spiro atoms. The summed E-state index contributed by atoms with van der Waals surface area (Å²) in [5.41, 5.74) is 0.768. The third-order valence-corrected chi connectivity index (χ3v) is 4.13. The number of fused-ring (bicyclic) bond motifs is 1. The van der Waals surface area contributed by atoms with Gasteiger partial charge in [-0.15, -0.1) is 0 Å². The van der Waals surface area contributed by atoms with Gasteiger partial charge in [-0.1, -0.05) is 13.8 Å². The summed E-state index contributed by atoms with van der Waals surface area (Å²) in [5, 5.41) is 18.8. The molecule has 1 unspecified atom stereocenters. The predicted octanol–water partition coefficient (Wildman–Crippen LogP) is 2.03. The van der Waals surface area contributed by atoms with Crippen molar-refractivity contribution < 1.29 is 5.11 Å². The zero-order valence-corrected chi connectivity index (χ0v) is 13.4. The van der Waals surface area contributed by atoms with E-state index in [1.165, 1.54) is 6.33 Å². The van der Waals surface area contributed by atoms with E-state index >= 15 is 0 Å². The number of hydrogen-bond donors (Lipinski definition) is 2. The highest BCUT2D eigenvalue weighted by molar-refractivity contribution is 5.87. The molecule has 3 rings (SSSR count). The van der Waals surface area contributed by atoms with Crippen LogP contribution in [0.5, 0.6) is 0 Å². The lowest BCUT2D eigenvalue weighted by atomic mass is 9.92. The van der Waals surface area contributed by atoms with Crippen molar-refractivity contribution in [3.05, 3.63) is 37.1 Å². The Hall–Kier alpha value is -2.54. The number of pyridine rings is 1. The summed E-state index contributed by atoms with van der Waals surface area (Å²) in [6, 6.07) is 3.73. The molecule has 3 aromatic heterocycles. The van der Waals surface area contributed by atoms with Crippen molar-refractivity contribution in [3.8, 4) is 5.69 Å². The maximum Gasteiger partial charge on any atom is 0.168 e. The third-order valence-electron chi connectivity index (χ3n) is 4.13. The molecule has 0 radical (unpaired) electrons. The summed E-state index contributed by atoms with van der Waals surface area (Å²) in [7, 11) is 0. The molecule has 0 saturated carbocycles. The molecular formula is C16H20N6O. The molecule has 23 heavy (non-hydrogen) atoms. The standard InChI is InChI=1S/C16H20N6O/c1-11(2)16(3,23)9-18-14-13-8-21-22(15(13)20-10-19-14)12-4-6-17-7-5-12/h4-8,10-11,23H,9H2,1-3H3,(H,18,19,20). The molecule has 0 saturated heterocycles. The molecule has 0 aromatic carbocycles. The molecule has 0 amide bonds. The zero-order valence-electron chi connectivity index (χ0n) is 13.4. The van der Waals surface area contributed by atoms with Gasteiger partial charge in [-0.05, 0) is 25.0 Å². The molecule has 120 valence electrons. The van der Waals surface area contributed by atoms with Gasteiger partial charge in [0.15, 0.2) is 5.65 Å². The topological polar surface area (TPSA) is 88.8 Å². The second kappa shape index (κ2) is 5.92. The highest BCUT2D eigenvalue weighted by Gasteiger charge is 2.25. The summed E-state index contributed by atoms with van der Waals surface area (Å²) in [4.78, 5) is 12.6. The fourth-order valence-corrected chi connectivity index (χ4v) is 2.13. The Balaban J connectivity index is 1.93. The van der Waals surface area contributed by atoms with Crippen molar-refractivity contribution in [1.82, 2.24) is 24.7 Å². The van der Waals surface area contributed by atoms with E-state index in [-0.39, 0.29) is 5.92 Å². The molecule has 7 nitrogen and oxygen atoms in total. The monoisotopic (exact) mass is 312 g/mol. The van der Waals surface area contributed by atoms with Gasteiger partial charge in [-0.3, -0.25) is 4.98 Å². The van der Waals surface area contributed by atoms with Crippen molar-refractivity contribution in [2.75, 3.05) is 11.9 Å². The van der Waals surface area contributed by atoms with Gasteiger partial charge in [0.05, 0.1) is 22.9 Å². The van der Waals surface area contributed by atoms with E-state index < -0.39 is 5.60 Å². The second-order valence-electron chi connectivity index (χ2n) is 6.09. The number of nitrogens with one attached hydrogen (secondary N) is 1. The Labute approximate surface area is 134 Å². The highest BCUT2D eigenvalue weighted by atomic mass is 16.3. The van der Waals surface area contributed by atoms with Gasteiger partial charge in [0.25, 0.3) is 0 Å². The fourth-order valence-electron chi connectivity index (χ4n) is 2.13. The van der Waals surface area contributed by atoms with Crippen molar-refractivity contribution >= 4 is 16.9 Å². The summed E-state index contributed by atoms with van der Waals surface area (Å²) >= 11 is 0. The molecule has 0 bridgehead atoms. The Morgan fingerprint density at radius 1 is 1.26 bits per heavy atom. The minimum absolute atomic E-state index is 0.131. The number of hydrogen-bond acceptors (Lipinski definition) is 6. The number of rotatable bonds is 5. The highest BCUT2D eigenvalue weighted by Crippen LogP contribution is 2.23. The van der Waals surface area contributed by atoms with Crippen LogP contribution < -0.4 is 5.32 Å². The van der Waals surface area contributed by atoms with Gasteiger partial charge in [-0.25, -0.2) is 14.6 Å². The molecular weight excluding hydrogens is 292 g/mol. The quantitative estimate of drug-likeness (QED) is 0.749. The van der Waals surface area contributed by atoms with Gasteiger partial charge >= 0.3 is 0 Å². The van der Waals surface area contributed by atoms with Crippen LogP contribution in [-0.4, -0.2) is 42.0 Å². The summed E-state index contributed by atoms with van der Waals surface area (Å²) in [6.07, 6.45) is 6.64. The SMILES string of the molecule is CC(C)C(C)(O)CNc1ncnc2c1cnn2-c1ccncc1. The molecule has 0 aliphatic carbocycles. The minimum Gasteiger partial charge on any atom is -0.388 e. The first-order valence-corrected chi connectivity index (χ1v) is 7.54. The third kappa shape index (κ3) is 3.00. The lowest BCUT2D eigenvalue weighted by Gasteiger charge is -2.28. The van der Waals surface area contributed by atoms with E-state index in [4.69, 9.17) is 0 Å². The van der Waals surface area contributed by atoms with Crippen molar-refractivity contribution in [2.24, 2.45) is 5.92 Å². The van der Waals surface area contributed by atoms with Crippen LogP contribution in [0.15, 0.2) is 37.1 Å². The van der Waals surface area contributed by atoms with Crippen molar-refractivity contribution in [3.63, 3.8) is 0 Å². The molecule has 3 aromatic rings. The molecule has 1 atom stereocenters. The van der Waals surface area contributed by atoms with E-state index in [0.717, 1.165) is 11.1 Å². The Morgan fingerprint density at radius 2 is 2.00 bits per heavy atom. The number of aromatic nitrogens is 5. The zero-order chi connectivity index (χ0) is 16.4. The first-order chi connectivity index (χ1) is 11.0. The van der Waals surface area contributed by atoms with Crippen molar-refractivity contribution in [2.45, 2.75) is 26.4 Å². The van der Waals surface area contributed by atoms with E-state index in [1.807, 2.05) is 32.9 Å². The maximum atomic E-state index is 10.4. The molecule has 0 aliphatic heterocycles. The van der Waals surface area contributed by atoms with Crippen LogP contribution in [0.4, 0.5) is 5.82 Å². The second-order valence-corrected chi connectivity index (χ2v) is 6.09. The Kier molecular flexibility index (Phi) is 3.96. The number of nitrogens with zero attached hydrogens (tertiary/aromatic N) is 5. The molecule has 2 N–H and O–H groups in total. The summed E-state index contributed by atoms with van der Waals surface area (Å²) in [6.45, 7) is 6.18. The lowest BCUT2D eigenvalue weighted by molar-refractivity contribution is 0.0266. The average molecular weight is 312 g/mol. The van der Waals surface area contributed by atoms with Gasteiger partial charge in [0, 0.05) is 18.9 Å². The van der Waals surface area contributed by atoms with Crippen LogP contribution in [0.2, 0.25) is 0 Å². The molecule has 3 heterocycles. The van der Waals surface area contributed by atoms with Crippen LogP contribution in [0.3, 0.4) is 0 Å². The largest absolute Gasteiger partial charge is 0.388 e. The van der Waals surface area contributed by atoms with Crippen molar-refractivity contribution in [1.29, 1.82) is 0 Å². The fraction of sp³-hybridized carbons (Fsp3) is 0.375. The predicted molar refractivity (Wildman–Crippen MR) is 88.4 cm³/mol. The number of anilines is 1. The Morgan fingerprint density at radius 3 is 2.70 bits per heavy atom. The average Bonchev–Trinajstić information content (AvgIpc) is 2.98. The van der Waals surface area contributed by atoms with Crippen LogP contribution >= 0.6 is 0 Å². The van der Waals surface area contributed by atoms with Gasteiger partial charge in [0.2, 0.25) is 0 Å². The first-order valence-electron chi connectivity index (χ1n) is 7.54. The molecule has 7 heteroatoms. The van der Waals surface area contributed by atoms with Gasteiger partial charge in [0.1, 0.15) is 12.1 Å².